The Morgan fingerprint density at radius 1 is 1.14 bits per heavy atom. The summed E-state index contributed by atoms with van der Waals surface area (Å²) >= 11 is 1.22. The molecule has 0 aliphatic carbocycles. The van der Waals surface area contributed by atoms with Crippen LogP contribution in [0.2, 0.25) is 0 Å². The molecule has 4 rings (SSSR count). The van der Waals surface area contributed by atoms with Gasteiger partial charge in [-0.15, -0.1) is 10.2 Å². The van der Waals surface area contributed by atoms with E-state index in [4.69, 9.17) is 4.74 Å². The first kappa shape index (κ1) is 24.6. The largest absolute Gasteiger partial charge is 0.497 e. The zero-order valence-corrected chi connectivity index (χ0v) is 20.3. The summed E-state index contributed by atoms with van der Waals surface area (Å²) in [4.78, 5) is 22.8. The van der Waals surface area contributed by atoms with Crippen LogP contribution in [0.3, 0.4) is 0 Å². The highest BCUT2D eigenvalue weighted by Gasteiger charge is 2.17. The first-order chi connectivity index (χ1) is 17.4. The molecule has 0 saturated heterocycles. The molecule has 0 atom stereocenters. The number of methoxy groups -OCH3 is 1. The van der Waals surface area contributed by atoms with Crippen LogP contribution in [0.25, 0.3) is 17.1 Å². The molecule has 1 aromatic heterocycles. The lowest BCUT2D eigenvalue weighted by atomic mass is 10.2. The molecular formula is C25H22N6O4S. The Bertz CT molecular complexity index is 1400. The molecule has 1 N–H and O–H groups in total. The van der Waals surface area contributed by atoms with E-state index in [2.05, 4.69) is 20.7 Å². The van der Waals surface area contributed by atoms with Crippen LogP contribution in [0.4, 0.5) is 5.69 Å². The van der Waals surface area contributed by atoms with Gasteiger partial charge in [0.05, 0.1) is 24.0 Å². The summed E-state index contributed by atoms with van der Waals surface area (Å²) in [6.45, 7) is 2.01. The first-order valence-electron chi connectivity index (χ1n) is 10.8. The van der Waals surface area contributed by atoms with Crippen LogP contribution in [0.15, 0.2) is 83.1 Å². The van der Waals surface area contributed by atoms with Crippen LogP contribution in [0.1, 0.15) is 11.1 Å². The fraction of sp³-hybridized carbons (Fsp3) is 0.120. The maximum absolute atomic E-state index is 12.4. The maximum Gasteiger partial charge on any atom is 0.270 e. The minimum absolute atomic E-state index is 0.0406. The molecule has 0 aliphatic rings. The number of carbonyl (C=O) groups excluding carboxylic acids is 1. The smallest absolute Gasteiger partial charge is 0.270 e. The number of aromatic nitrogens is 3. The molecule has 0 unspecified atom stereocenters. The molecule has 4 aromatic rings. The summed E-state index contributed by atoms with van der Waals surface area (Å²) in [5, 5.41) is 24.0. The van der Waals surface area contributed by atoms with Crippen molar-refractivity contribution in [2.24, 2.45) is 5.10 Å². The standard InChI is InChI=1S/C25H22N6O4S/c1-17-6-10-20(11-7-17)30-24(19-8-12-22(35-2)13-9-19)28-29-25(30)36-16-23(32)27-26-15-18-4-3-5-21(14-18)31(33)34/h3-15H,16H2,1-2H3,(H,27,32)/b26-15-. The molecule has 36 heavy (non-hydrogen) atoms. The third-order valence-corrected chi connectivity index (χ3v) is 6.02. The molecule has 1 heterocycles. The van der Waals surface area contributed by atoms with Gasteiger partial charge in [-0.1, -0.05) is 41.6 Å². The summed E-state index contributed by atoms with van der Waals surface area (Å²) in [7, 11) is 1.61. The van der Waals surface area contributed by atoms with E-state index in [-0.39, 0.29) is 17.3 Å². The quantitative estimate of drug-likeness (QED) is 0.156. The normalized spacial score (nSPS) is 10.9. The summed E-state index contributed by atoms with van der Waals surface area (Å²) in [5.41, 5.74) is 5.72. The van der Waals surface area contributed by atoms with Gasteiger partial charge in [0.1, 0.15) is 5.75 Å². The van der Waals surface area contributed by atoms with Crippen molar-refractivity contribution in [3.63, 3.8) is 0 Å². The molecule has 0 fully saturated rings. The Kier molecular flexibility index (Phi) is 7.71. The van der Waals surface area contributed by atoms with E-state index in [1.165, 1.54) is 30.1 Å². The average molecular weight is 503 g/mol. The van der Waals surface area contributed by atoms with Gasteiger partial charge >= 0.3 is 0 Å². The highest BCUT2D eigenvalue weighted by Crippen LogP contribution is 2.29. The molecule has 11 heteroatoms. The molecule has 1 amide bonds. The van der Waals surface area contributed by atoms with E-state index in [0.717, 1.165) is 22.6 Å². The number of rotatable bonds is 9. The van der Waals surface area contributed by atoms with Crippen molar-refractivity contribution in [3.05, 3.63) is 94.0 Å². The monoisotopic (exact) mass is 502 g/mol. The number of aryl methyl sites for hydroxylation is 1. The number of hydrazone groups is 1. The average Bonchev–Trinajstić information content (AvgIpc) is 3.32. The van der Waals surface area contributed by atoms with Crippen LogP contribution in [-0.4, -0.2) is 44.7 Å². The van der Waals surface area contributed by atoms with Crippen molar-refractivity contribution >= 4 is 29.6 Å². The Morgan fingerprint density at radius 2 is 1.89 bits per heavy atom. The lowest BCUT2D eigenvalue weighted by Crippen LogP contribution is -2.20. The second-order valence-corrected chi connectivity index (χ2v) is 8.58. The predicted molar refractivity (Wildman–Crippen MR) is 138 cm³/mol. The second kappa shape index (κ2) is 11.3. The first-order valence-corrected chi connectivity index (χ1v) is 11.8. The summed E-state index contributed by atoms with van der Waals surface area (Å²) < 4.78 is 7.14. The molecule has 182 valence electrons. The van der Waals surface area contributed by atoms with Crippen molar-refractivity contribution in [2.45, 2.75) is 12.1 Å². The zero-order chi connectivity index (χ0) is 25.5. The Labute approximate surface area is 211 Å². The lowest BCUT2D eigenvalue weighted by Gasteiger charge is -2.11. The number of ether oxygens (including phenoxy) is 1. The summed E-state index contributed by atoms with van der Waals surface area (Å²) in [5.74, 6) is 1.05. The van der Waals surface area contributed by atoms with E-state index >= 15 is 0 Å². The number of amides is 1. The number of nitro groups is 1. The van der Waals surface area contributed by atoms with Crippen LogP contribution < -0.4 is 10.2 Å². The van der Waals surface area contributed by atoms with Crippen LogP contribution in [0, 0.1) is 17.0 Å². The third-order valence-electron chi connectivity index (χ3n) is 5.09. The Balaban J connectivity index is 1.50. The molecular weight excluding hydrogens is 480 g/mol. The van der Waals surface area contributed by atoms with Crippen LogP contribution in [0.5, 0.6) is 5.75 Å². The van der Waals surface area contributed by atoms with Gasteiger partial charge in [0.15, 0.2) is 11.0 Å². The number of thioether (sulfide) groups is 1. The van der Waals surface area contributed by atoms with Crippen molar-refractivity contribution in [1.82, 2.24) is 20.2 Å². The van der Waals surface area contributed by atoms with Gasteiger partial charge in [0, 0.05) is 28.9 Å². The molecule has 10 nitrogen and oxygen atoms in total. The molecule has 0 bridgehead atoms. The second-order valence-electron chi connectivity index (χ2n) is 7.64. The highest BCUT2D eigenvalue weighted by molar-refractivity contribution is 7.99. The van der Waals surface area contributed by atoms with E-state index in [1.54, 1.807) is 19.2 Å². The minimum atomic E-state index is -0.489. The van der Waals surface area contributed by atoms with E-state index < -0.39 is 4.92 Å². The number of nitrogens with zero attached hydrogens (tertiary/aromatic N) is 5. The number of nitrogens with one attached hydrogen (secondary N) is 1. The Hall–Kier alpha value is -4.51. The lowest BCUT2D eigenvalue weighted by molar-refractivity contribution is -0.384. The van der Waals surface area contributed by atoms with Gasteiger partial charge in [-0.05, 0) is 43.3 Å². The number of hydrogen-bond donors (Lipinski definition) is 1. The fourth-order valence-electron chi connectivity index (χ4n) is 3.28. The van der Waals surface area contributed by atoms with E-state index in [9.17, 15) is 14.9 Å². The summed E-state index contributed by atoms with van der Waals surface area (Å²) in [6, 6.07) is 21.4. The topological polar surface area (TPSA) is 125 Å². The molecule has 0 saturated carbocycles. The summed E-state index contributed by atoms with van der Waals surface area (Å²) in [6.07, 6.45) is 1.35. The number of nitro benzene ring substituents is 1. The van der Waals surface area contributed by atoms with Gasteiger partial charge in [0.25, 0.3) is 11.6 Å². The number of benzene rings is 3. The van der Waals surface area contributed by atoms with Crippen LogP contribution in [-0.2, 0) is 4.79 Å². The molecule has 0 spiro atoms. The predicted octanol–water partition coefficient (Wildman–Crippen LogP) is 4.40. The van der Waals surface area contributed by atoms with Gasteiger partial charge in [-0.3, -0.25) is 19.5 Å². The molecule has 3 aromatic carbocycles. The molecule has 0 radical (unpaired) electrons. The zero-order valence-electron chi connectivity index (χ0n) is 19.5. The van der Waals surface area contributed by atoms with Crippen LogP contribution >= 0.6 is 11.8 Å². The van der Waals surface area contributed by atoms with E-state index in [0.29, 0.717) is 16.5 Å². The fourth-order valence-corrected chi connectivity index (χ4v) is 4.02. The van der Waals surface area contributed by atoms with Gasteiger partial charge < -0.3 is 4.74 Å². The van der Waals surface area contributed by atoms with Gasteiger partial charge in [-0.25, -0.2) is 5.43 Å². The SMILES string of the molecule is COc1ccc(-c2nnc(SCC(=O)N/N=C\c3cccc([N+](=O)[O-])c3)n2-c2ccc(C)cc2)cc1. The van der Waals surface area contributed by atoms with Crippen molar-refractivity contribution in [3.8, 4) is 22.8 Å². The number of non-ortho nitro benzene ring substituents is 1. The van der Waals surface area contributed by atoms with Crippen molar-refractivity contribution in [1.29, 1.82) is 0 Å². The third kappa shape index (κ3) is 5.94. The van der Waals surface area contributed by atoms with Crippen molar-refractivity contribution < 1.29 is 14.5 Å². The van der Waals surface area contributed by atoms with E-state index in [1.807, 2.05) is 60.0 Å². The Morgan fingerprint density at radius 3 is 2.58 bits per heavy atom. The maximum atomic E-state index is 12.4. The van der Waals surface area contributed by atoms with Crippen molar-refractivity contribution in [2.75, 3.05) is 12.9 Å². The molecule has 0 aliphatic heterocycles. The van der Waals surface area contributed by atoms with Gasteiger partial charge in [0.2, 0.25) is 0 Å². The van der Waals surface area contributed by atoms with Gasteiger partial charge in [-0.2, -0.15) is 5.10 Å². The number of hydrogen-bond acceptors (Lipinski definition) is 8. The number of carbonyl (C=O) groups is 1. The minimum Gasteiger partial charge on any atom is -0.497 e. The highest BCUT2D eigenvalue weighted by atomic mass is 32.2.